The number of rotatable bonds is 4. The zero-order valence-corrected chi connectivity index (χ0v) is 11.6. The van der Waals surface area contributed by atoms with Gasteiger partial charge >= 0.3 is 0 Å². The molecule has 0 saturated heterocycles. The van der Waals surface area contributed by atoms with Crippen molar-refractivity contribution in [1.29, 1.82) is 0 Å². The minimum atomic E-state index is -0.169. The van der Waals surface area contributed by atoms with Crippen molar-refractivity contribution in [3.05, 3.63) is 51.2 Å². The predicted octanol–water partition coefficient (Wildman–Crippen LogP) is 3.60. The van der Waals surface area contributed by atoms with E-state index in [0.29, 0.717) is 5.56 Å². The third-order valence-corrected chi connectivity index (χ3v) is 3.77. The van der Waals surface area contributed by atoms with Crippen molar-refractivity contribution >= 4 is 11.3 Å². The smallest absolute Gasteiger partial charge is 0.128 e. The lowest BCUT2D eigenvalue weighted by atomic mass is 10.0. The highest BCUT2D eigenvalue weighted by atomic mass is 32.1. The van der Waals surface area contributed by atoms with Crippen LogP contribution in [0.4, 0.5) is 4.39 Å². The first-order valence-electron chi connectivity index (χ1n) is 6.03. The predicted molar refractivity (Wildman–Crippen MR) is 73.5 cm³/mol. The first kappa shape index (κ1) is 13.2. The van der Waals surface area contributed by atoms with E-state index in [1.54, 1.807) is 17.4 Å². The van der Waals surface area contributed by atoms with Gasteiger partial charge in [0.1, 0.15) is 5.82 Å². The van der Waals surface area contributed by atoms with E-state index in [9.17, 15) is 4.39 Å². The first-order chi connectivity index (χ1) is 8.61. The Bertz CT molecular complexity index is 536. The van der Waals surface area contributed by atoms with Crippen molar-refractivity contribution in [3.8, 4) is 0 Å². The van der Waals surface area contributed by atoms with Crippen molar-refractivity contribution in [2.75, 3.05) is 6.54 Å². The van der Waals surface area contributed by atoms with Crippen molar-refractivity contribution in [2.45, 2.75) is 26.8 Å². The van der Waals surface area contributed by atoms with Crippen LogP contribution in [0.5, 0.6) is 0 Å². The molecule has 4 heteroatoms. The summed E-state index contributed by atoms with van der Waals surface area (Å²) in [6.07, 6.45) is 1.83. The molecule has 0 aliphatic carbocycles. The molecule has 1 atom stereocenters. The van der Waals surface area contributed by atoms with Crippen LogP contribution >= 0.6 is 11.3 Å². The maximum Gasteiger partial charge on any atom is 0.128 e. The van der Waals surface area contributed by atoms with E-state index in [0.717, 1.165) is 22.0 Å². The molecule has 0 aliphatic rings. The molecule has 0 fully saturated rings. The Hall–Kier alpha value is -1.26. The number of aromatic nitrogens is 1. The largest absolute Gasteiger partial charge is 0.306 e. The zero-order chi connectivity index (χ0) is 13.1. The van der Waals surface area contributed by atoms with Gasteiger partial charge in [-0.2, -0.15) is 0 Å². The van der Waals surface area contributed by atoms with E-state index in [-0.39, 0.29) is 11.9 Å². The number of hydrogen-bond donors (Lipinski definition) is 1. The Balaban J connectivity index is 2.44. The second-order valence-corrected chi connectivity index (χ2v) is 5.56. The standard InChI is InChI=1S/C14H17FN2S/c1-4-16-14(13-8-17-10(3)18-13)11-7-9(2)5-6-12(11)15/h5-8,14,16H,4H2,1-3H3. The summed E-state index contributed by atoms with van der Waals surface area (Å²) in [5.41, 5.74) is 1.76. The summed E-state index contributed by atoms with van der Waals surface area (Å²) in [5, 5.41) is 4.33. The van der Waals surface area contributed by atoms with Crippen LogP contribution in [0.15, 0.2) is 24.4 Å². The van der Waals surface area contributed by atoms with Crippen LogP contribution in [0, 0.1) is 19.7 Å². The maximum absolute atomic E-state index is 14.0. The molecule has 0 saturated carbocycles. The fraction of sp³-hybridized carbons (Fsp3) is 0.357. The third kappa shape index (κ3) is 2.76. The quantitative estimate of drug-likeness (QED) is 0.912. The van der Waals surface area contributed by atoms with E-state index in [2.05, 4.69) is 10.3 Å². The van der Waals surface area contributed by atoms with Crippen LogP contribution in [-0.2, 0) is 0 Å². The molecular formula is C14H17FN2S. The van der Waals surface area contributed by atoms with Crippen molar-refractivity contribution < 1.29 is 4.39 Å². The van der Waals surface area contributed by atoms with E-state index in [1.165, 1.54) is 6.07 Å². The summed E-state index contributed by atoms with van der Waals surface area (Å²) < 4.78 is 14.0. The van der Waals surface area contributed by atoms with Gasteiger partial charge in [0, 0.05) is 16.6 Å². The normalized spacial score (nSPS) is 12.7. The molecule has 0 aliphatic heterocycles. The van der Waals surface area contributed by atoms with Crippen LogP contribution in [-0.4, -0.2) is 11.5 Å². The molecule has 2 rings (SSSR count). The SMILES string of the molecule is CCNC(c1cnc(C)s1)c1cc(C)ccc1F. The van der Waals surface area contributed by atoms with Crippen molar-refractivity contribution in [2.24, 2.45) is 0 Å². The summed E-state index contributed by atoms with van der Waals surface area (Å²) in [7, 11) is 0. The molecule has 96 valence electrons. The van der Waals surface area contributed by atoms with Gasteiger partial charge in [0.2, 0.25) is 0 Å². The lowest BCUT2D eigenvalue weighted by Gasteiger charge is -2.17. The Morgan fingerprint density at radius 3 is 2.78 bits per heavy atom. The van der Waals surface area contributed by atoms with E-state index in [4.69, 9.17) is 0 Å². The summed E-state index contributed by atoms with van der Waals surface area (Å²) in [6.45, 7) is 6.75. The van der Waals surface area contributed by atoms with Crippen LogP contribution in [0.1, 0.15) is 34.0 Å². The molecule has 1 aromatic carbocycles. The highest BCUT2D eigenvalue weighted by molar-refractivity contribution is 7.11. The van der Waals surface area contributed by atoms with Crippen LogP contribution in [0.2, 0.25) is 0 Å². The first-order valence-corrected chi connectivity index (χ1v) is 6.85. The summed E-state index contributed by atoms with van der Waals surface area (Å²) >= 11 is 1.60. The molecule has 18 heavy (non-hydrogen) atoms. The van der Waals surface area contributed by atoms with Gasteiger partial charge in [-0.1, -0.05) is 24.6 Å². The van der Waals surface area contributed by atoms with Gasteiger partial charge in [0.15, 0.2) is 0 Å². The number of nitrogens with zero attached hydrogens (tertiary/aromatic N) is 1. The maximum atomic E-state index is 14.0. The molecule has 1 heterocycles. The Labute approximate surface area is 111 Å². The number of halogens is 1. The summed E-state index contributed by atoms with van der Waals surface area (Å²) in [6, 6.07) is 5.11. The molecule has 0 amide bonds. The lowest BCUT2D eigenvalue weighted by Crippen LogP contribution is -2.22. The van der Waals surface area contributed by atoms with Gasteiger partial charge in [0.25, 0.3) is 0 Å². The number of thiazole rings is 1. The van der Waals surface area contributed by atoms with Crippen LogP contribution < -0.4 is 5.32 Å². The number of benzene rings is 1. The molecule has 2 nitrogen and oxygen atoms in total. The van der Waals surface area contributed by atoms with Crippen molar-refractivity contribution in [3.63, 3.8) is 0 Å². The molecule has 2 aromatic rings. The van der Waals surface area contributed by atoms with Gasteiger partial charge in [-0.05, 0) is 26.5 Å². The Kier molecular flexibility index (Phi) is 4.09. The minimum Gasteiger partial charge on any atom is -0.306 e. The Morgan fingerprint density at radius 2 is 2.17 bits per heavy atom. The van der Waals surface area contributed by atoms with E-state index in [1.807, 2.05) is 33.0 Å². The van der Waals surface area contributed by atoms with Gasteiger partial charge in [0.05, 0.1) is 11.0 Å². The molecule has 0 bridgehead atoms. The Morgan fingerprint density at radius 1 is 1.39 bits per heavy atom. The van der Waals surface area contributed by atoms with Crippen LogP contribution in [0.3, 0.4) is 0 Å². The third-order valence-electron chi connectivity index (χ3n) is 2.79. The minimum absolute atomic E-state index is 0.110. The second-order valence-electron chi connectivity index (χ2n) is 4.30. The number of nitrogens with one attached hydrogen (secondary N) is 1. The monoisotopic (exact) mass is 264 g/mol. The number of aryl methyl sites for hydroxylation is 2. The molecule has 0 spiro atoms. The van der Waals surface area contributed by atoms with Crippen LogP contribution in [0.25, 0.3) is 0 Å². The summed E-state index contributed by atoms with van der Waals surface area (Å²) in [4.78, 5) is 5.31. The van der Waals surface area contributed by atoms with Gasteiger partial charge < -0.3 is 5.32 Å². The van der Waals surface area contributed by atoms with Crippen molar-refractivity contribution in [1.82, 2.24) is 10.3 Å². The fourth-order valence-corrected chi connectivity index (χ4v) is 2.84. The lowest BCUT2D eigenvalue weighted by molar-refractivity contribution is 0.562. The van der Waals surface area contributed by atoms with Gasteiger partial charge in [-0.25, -0.2) is 9.37 Å². The molecule has 1 aromatic heterocycles. The topological polar surface area (TPSA) is 24.9 Å². The zero-order valence-electron chi connectivity index (χ0n) is 10.8. The highest BCUT2D eigenvalue weighted by Gasteiger charge is 2.19. The van der Waals surface area contributed by atoms with E-state index >= 15 is 0 Å². The average molecular weight is 264 g/mol. The van der Waals surface area contributed by atoms with E-state index < -0.39 is 0 Å². The second kappa shape index (κ2) is 5.59. The summed E-state index contributed by atoms with van der Waals surface area (Å²) in [5.74, 6) is -0.169. The highest BCUT2D eigenvalue weighted by Crippen LogP contribution is 2.29. The van der Waals surface area contributed by atoms with Gasteiger partial charge in [-0.3, -0.25) is 0 Å². The molecular weight excluding hydrogens is 247 g/mol. The molecule has 0 radical (unpaired) electrons. The van der Waals surface area contributed by atoms with Gasteiger partial charge in [-0.15, -0.1) is 11.3 Å². The molecule has 1 unspecified atom stereocenters. The average Bonchev–Trinajstić information content (AvgIpc) is 2.76. The number of hydrogen-bond acceptors (Lipinski definition) is 3. The molecule has 1 N–H and O–H groups in total. The fourth-order valence-electron chi connectivity index (χ4n) is 1.96.